The van der Waals surface area contributed by atoms with E-state index in [2.05, 4.69) is 53.2 Å². The second-order valence-electron chi connectivity index (χ2n) is 8.18. The lowest BCUT2D eigenvalue weighted by Gasteiger charge is -2.34. The van der Waals surface area contributed by atoms with Crippen molar-refractivity contribution in [3.05, 3.63) is 71.0 Å². The zero-order valence-electron chi connectivity index (χ0n) is 19.5. The molecule has 0 N–H and O–H groups in total. The summed E-state index contributed by atoms with van der Waals surface area (Å²) >= 11 is 1.58. The van der Waals surface area contributed by atoms with Crippen LogP contribution in [0.15, 0.2) is 53.7 Å². The van der Waals surface area contributed by atoms with Gasteiger partial charge in [-0.2, -0.15) is 0 Å². The number of aryl methyl sites for hydroxylation is 1. The van der Waals surface area contributed by atoms with Crippen LogP contribution in [0, 0.1) is 6.92 Å². The van der Waals surface area contributed by atoms with Crippen molar-refractivity contribution in [2.45, 2.75) is 31.4 Å². The Kier molecular flexibility index (Phi) is 7.80. The Bertz CT molecular complexity index is 1070. The molecule has 174 valence electrons. The number of piperazine rings is 1. The molecule has 4 rings (SSSR count). The Morgan fingerprint density at radius 3 is 2.45 bits per heavy atom. The number of hydrogen-bond acceptors (Lipinski definition) is 6. The van der Waals surface area contributed by atoms with Crippen LogP contribution in [-0.4, -0.2) is 70.3 Å². The zero-order chi connectivity index (χ0) is 23.2. The second-order valence-corrected chi connectivity index (χ2v) is 9.12. The fraction of sp³-hybridized carbons (Fsp3) is 0.400. The minimum absolute atomic E-state index is 0.113. The third-order valence-corrected chi connectivity index (χ3v) is 6.96. The summed E-state index contributed by atoms with van der Waals surface area (Å²) in [7, 11) is 1.66. The number of amides is 1. The Morgan fingerprint density at radius 2 is 1.76 bits per heavy atom. The minimum Gasteiger partial charge on any atom is -0.377 e. The van der Waals surface area contributed by atoms with Gasteiger partial charge >= 0.3 is 0 Å². The van der Waals surface area contributed by atoms with E-state index in [0.29, 0.717) is 12.4 Å². The molecule has 0 atom stereocenters. The Labute approximate surface area is 199 Å². The molecule has 1 aliphatic heterocycles. The number of benzene rings is 2. The number of methoxy groups -OCH3 is 1. The zero-order valence-corrected chi connectivity index (χ0v) is 20.3. The van der Waals surface area contributed by atoms with Gasteiger partial charge in [0.2, 0.25) is 0 Å². The van der Waals surface area contributed by atoms with Crippen LogP contribution < -0.4 is 0 Å². The number of likely N-dealkylation sites (N-methyl/N-ethyl adjacent to an activating group) is 1. The van der Waals surface area contributed by atoms with Crippen LogP contribution in [0.5, 0.6) is 0 Å². The van der Waals surface area contributed by atoms with Crippen LogP contribution in [0.2, 0.25) is 0 Å². The van der Waals surface area contributed by atoms with E-state index in [-0.39, 0.29) is 5.91 Å². The molecule has 0 aliphatic carbocycles. The maximum atomic E-state index is 13.3. The second kappa shape index (κ2) is 11.0. The van der Waals surface area contributed by atoms with Gasteiger partial charge in [-0.3, -0.25) is 9.36 Å². The number of thioether (sulfide) groups is 1. The maximum Gasteiger partial charge on any atom is 0.254 e. The van der Waals surface area contributed by atoms with E-state index in [1.807, 2.05) is 33.7 Å². The van der Waals surface area contributed by atoms with Crippen molar-refractivity contribution in [1.82, 2.24) is 24.6 Å². The fourth-order valence-corrected chi connectivity index (χ4v) is 4.98. The quantitative estimate of drug-likeness (QED) is 0.472. The van der Waals surface area contributed by atoms with Crippen molar-refractivity contribution in [3.63, 3.8) is 0 Å². The molecular weight excluding hydrogens is 434 g/mol. The molecule has 2 aromatic carbocycles. The molecule has 1 saturated heterocycles. The van der Waals surface area contributed by atoms with E-state index in [4.69, 9.17) is 4.74 Å². The van der Waals surface area contributed by atoms with E-state index in [1.165, 1.54) is 5.56 Å². The van der Waals surface area contributed by atoms with Gasteiger partial charge in [-0.15, -0.1) is 10.2 Å². The first kappa shape index (κ1) is 23.5. The monoisotopic (exact) mass is 465 g/mol. The van der Waals surface area contributed by atoms with E-state index >= 15 is 0 Å². The lowest BCUT2D eigenvalue weighted by Crippen LogP contribution is -2.48. The van der Waals surface area contributed by atoms with Crippen molar-refractivity contribution in [3.8, 4) is 5.69 Å². The number of carbonyl (C=O) groups excluding carboxylic acids is 1. The normalized spacial score (nSPS) is 14.6. The van der Waals surface area contributed by atoms with Crippen LogP contribution in [0.1, 0.15) is 34.2 Å². The first-order chi connectivity index (χ1) is 16.1. The van der Waals surface area contributed by atoms with Crippen LogP contribution in [0.3, 0.4) is 0 Å². The highest BCUT2D eigenvalue weighted by atomic mass is 32.2. The summed E-state index contributed by atoms with van der Waals surface area (Å²) in [5, 5.41) is 9.56. The van der Waals surface area contributed by atoms with Gasteiger partial charge in [-0.25, -0.2) is 0 Å². The highest BCUT2D eigenvalue weighted by Crippen LogP contribution is 2.27. The minimum atomic E-state index is 0.113. The van der Waals surface area contributed by atoms with Crippen LogP contribution in [0.4, 0.5) is 0 Å². The highest BCUT2D eigenvalue weighted by Gasteiger charge is 2.23. The predicted octanol–water partition coefficient (Wildman–Crippen LogP) is 3.79. The van der Waals surface area contributed by atoms with E-state index in [1.54, 1.807) is 18.9 Å². The smallest absolute Gasteiger partial charge is 0.254 e. The van der Waals surface area contributed by atoms with Crippen LogP contribution in [0.25, 0.3) is 5.69 Å². The van der Waals surface area contributed by atoms with Gasteiger partial charge in [0.1, 0.15) is 6.61 Å². The maximum absolute atomic E-state index is 13.3. The topological polar surface area (TPSA) is 63.5 Å². The van der Waals surface area contributed by atoms with Gasteiger partial charge in [0.05, 0.1) is 0 Å². The average Bonchev–Trinajstić information content (AvgIpc) is 3.25. The predicted molar refractivity (Wildman–Crippen MR) is 131 cm³/mol. The average molecular weight is 466 g/mol. The number of hydrogen-bond donors (Lipinski definition) is 0. The molecule has 0 unspecified atom stereocenters. The first-order valence-electron chi connectivity index (χ1n) is 11.3. The Morgan fingerprint density at radius 1 is 1.03 bits per heavy atom. The summed E-state index contributed by atoms with van der Waals surface area (Å²) in [5.41, 5.74) is 3.98. The largest absolute Gasteiger partial charge is 0.377 e. The van der Waals surface area contributed by atoms with Crippen molar-refractivity contribution in [2.75, 3.05) is 39.8 Å². The molecule has 33 heavy (non-hydrogen) atoms. The molecular formula is C25H31N5O2S. The Hall–Kier alpha value is -2.68. The summed E-state index contributed by atoms with van der Waals surface area (Å²) in [4.78, 5) is 17.6. The van der Waals surface area contributed by atoms with Crippen molar-refractivity contribution in [2.24, 2.45) is 0 Å². The lowest BCUT2D eigenvalue weighted by atomic mass is 10.1. The van der Waals surface area contributed by atoms with Crippen molar-refractivity contribution >= 4 is 17.7 Å². The lowest BCUT2D eigenvalue weighted by molar-refractivity contribution is 0.0642. The summed E-state index contributed by atoms with van der Waals surface area (Å²) in [6.45, 7) is 9.05. The van der Waals surface area contributed by atoms with Crippen molar-refractivity contribution < 1.29 is 9.53 Å². The molecule has 1 aromatic heterocycles. The van der Waals surface area contributed by atoms with Crippen LogP contribution in [-0.2, 0) is 17.1 Å². The van der Waals surface area contributed by atoms with Gasteiger partial charge in [-0.05, 0) is 37.2 Å². The van der Waals surface area contributed by atoms with Gasteiger partial charge < -0.3 is 14.5 Å². The van der Waals surface area contributed by atoms with Gasteiger partial charge in [-0.1, -0.05) is 54.6 Å². The van der Waals surface area contributed by atoms with Gasteiger partial charge in [0.15, 0.2) is 11.0 Å². The summed E-state index contributed by atoms with van der Waals surface area (Å²) in [5.74, 6) is 1.50. The molecule has 1 fully saturated rings. The molecule has 0 spiro atoms. The standard InChI is InChI=1S/C25H31N5O2S/c1-4-28-13-15-29(16-14-28)24(31)22-8-6-5-7-20(22)18-33-25-27-26-23(17-32-3)30(25)21-11-9-19(2)10-12-21/h5-12H,4,13-18H2,1-3H3. The number of aromatic nitrogens is 3. The molecule has 8 heteroatoms. The molecule has 3 aromatic rings. The van der Waals surface area contributed by atoms with E-state index < -0.39 is 0 Å². The molecule has 0 bridgehead atoms. The number of nitrogens with zero attached hydrogens (tertiary/aromatic N) is 5. The summed E-state index contributed by atoms with van der Waals surface area (Å²) < 4.78 is 7.37. The third-order valence-electron chi connectivity index (χ3n) is 5.98. The molecule has 1 aliphatic rings. The van der Waals surface area contributed by atoms with Crippen LogP contribution >= 0.6 is 11.8 Å². The fourth-order valence-electron chi connectivity index (χ4n) is 4.00. The summed E-state index contributed by atoms with van der Waals surface area (Å²) in [6, 6.07) is 16.2. The Balaban J connectivity index is 1.53. The molecule has 1 amide bonds. The highest BCUT2D eigenvalue weighted by molar-refractivity contribution is 7.98. The van der Waals surface area contributed by atoms with Gasteiger partial charge in [0, 0.05) is 50.3 Å². The number of ether oxygens (including phenoxy) is 1. The molecule has 7 nitrogen and oxygen atoms in total. The SMILES string of the molecule is CCN1CCN(C(=O)c2ccccc2CSc2nnc(COC)n2-c2ccc(C)cc2)CC1. The molecule has 2 heterocycles. The molecule has 0 saturated carbocycles. The summed E-state index contributed by atoms with van der Waals surface area (Å²) in [6.07, 6.45) is 0. The van der Waals surface area contributed by atoms with Crippen molar-refractivity contribution in [1.29, 1.82) is 0 Å². The molecule has 0 radical (unpaired) electrons. The van der Waals surface area contributed by atoms with Gasteiger partial charge in [0.25, 0.3) is 5.91 Å². The number of carbonyl (C=O) groups is 1. The van der Waals surface area contributed by atoms with E-state index in [9.17, 15) is 4.79 Å². The van der Waals surface area contributed by atoms with E-state index in [0.717, 1.165) is 60.5 Å². The third kappa shape index (κ3) is 5.46. The first-order valence-corrected chi connectivity index (χ1v) is 12.3. The number of rotatable bonds is 8.